The van der Waals surface area contributed by atoms with Crippen LogP contribution in [0.25, 0.3) is 0 Å². The van der Waals surface area contributed by atoms with Crippen molar-refractivity contribution in [2.24, 2.45) is 5.92 Å². The second-order valence-corrected chi connectivity index (χ2v) is 6.11. The summed E-state index contributed by atoms with van der Waals surface area (Å²) in [5, 5.41) is 13.1. The number of aliphatic hydroxyl groups excluding tert-OH is 1. The molecule has 110 valence electrons. The Kier molecular flexibility index (Phi) is 6.11. The minimum absolute atomic E-state index is 0.188. The molecule has 2 fully saturated rings. The fourth-order valence-corrected chi connectivity index (χ4v) is 3.31. The summed E-state index contributed by atoms with van der Waals surface area (Å²) in [6.45, 7) is 2.74. The van der Waals surface area contributed by atoms with Crippen LogP contribution in [-0.4, -0.2) is 48.2 Å². The molecule has 4 nitrogen and oxygen atoms in total. The number of nitrogens with zero attached hydrogens (tertiary/aromatic N) is 1. The molecule has 0 radical (unpaired) electrons. The topological polar surface area (TPSA) is 52.6 Å². The lowest BCUT2D eigenvalue weighted by molar-refractivity contribution is -0.131. The predicted molar refractivity (Wildman–Crippen MR) is 75.9 cm³/mol. The molecule has 2 aliphatic rings. The van der Waals surface area contributed by atoms with Crippen molar-refractivity contribution in [2.75, 3.05) is 26.2 Å². The lowest BCUT2D eigenvalue weighted by atomic mass is 10.0. The maximum absolute atomic E-state index is 11.9. The van der Waals surface area contributed by atoms with Crippen LogP contribution in [0.5, 0.6) is 0 Å². The van der Waals surface area contributed by atoms with E-state index in [0.29, 0.717) is 19.0 Å². The first-order chi connectivity index (χ1) is 9.25. The Bertz CT molecular complexity index is 271. The first kappa shape index (κ1) is 14.8. The molecule has 1 aliphatic heterocycles. The summed E-state index contributed by atoms with van der Waals surface area (Å²) in [7, 11) is 0. The van der Waals surface area contributed by atoms with Gasteiger partial charge in [-0.3, -0.25) is 4.79 Å². The van der Waals surface area contributed by atoms with Crippen molar-refractivity contribution in [3.63, 3.8) is 0 Å². The Hall–Kier alpha value is -0.610. The predicted octanol–water partition coefficient (Wildman–Crippen LogP) is 1.53. The SMILES string of the molecule is O=C(CNCC(O)CC1CCCC1)N1CCCCC1. The second-order valence-electron chi connectivity index (χ2n) is 6.11. The molecule has 0 spiro atoms. The summed E-state index contributed by atoms with van der Waals surface area (Å²) in [6.07, 6.45) is 9.29. The van der Waals surface area contributed by atoms with E-state index in [1.807, 2.05) is 4.90 Å². The van der Waals surface area contributed by atoms with Crippen LogP contribution in [0.15, 0.2) is 0 Å². The summed E-state index contributed by atoms with van der Waals surface area (Å²) in [4.78, 5) is 13.9. The van der Waals surface area contributed by atoms with Crippen molar-refractivity contribution < 1.29 is 9.90 Å². The van der Waals surface area contributed by atoms with E-state index in [9.17, 15) is 9.90 Å². The fraction of sp³-hybridized carbons (Fsp3) is 0.933. The molecule has 1 aliphatic carbocycles. The molecule has 2 N–H and O–H groups in total. The molecule has 0 aromatic carbocycles. The van der Waals surface area contributed by atoms with E-state index >= 15 is 0 Å². The second kappa shape index (κ2) is 7.85. The zero-order chi connectivity index (χ0) is 13.5. The van der Waals surface area contributed by atoms with Crippen molar-refractivity contribution in [1.82, 2.24) is 10.2 Å². The summed E-state index contributed by atoms with van der Waals surface area (Å²) >= 11 is 0. The van der Waals surface area contributed by atoms with Crippen LogP contribution < -0.4 is 5.32 Å². The lowest BCUT2D eigenvalue weighted by Crippen LogP contribution is -2.42. The van der Waals surface area contributed by atoms with Crippen molar-refractivity contribution in [2.45, 2.75) is 57.5 Å². The number of hydrogen-bond donors (Lipinski definition) is 2. The molecule has 1 atom stereocenters. The zero-order valence-electron chi connectivity index (χ0n) is 11.9. The molecule has 1 heterocycles. The van der Waals surface area contributed by atoms with Gasteiger partial charge in [-0.1, -0.05) is 25.7 Å². The third-order valence-corrected chi connectivity index (χ3v) is 4.45. The monoisotopic (exact) mass is 268 g/mol. The van der Waals surface area contributed by atoms with Gasteiger partial charge in [-0.2, -0.15) is 0 Å². The first-order valence-corrected chi connectivity index (χ1v) is 7.92. The Morgan fingerprint density at radius 2 is 1.84 bits per heavy atom. The molecule has 4 heteroatoms. The minimum atomic E-state index is -0.294. The number of piperidine rings is 1. The highest BCUT2D eigenvalue weighted by molar-refractivity contribution is 5.78. The van der Waals surface area contributed by atoms with E-state index in [-0.39, 0.29) is 12.0 Å². The number of hydrogen-bond acceptors (Lipinski definition) is 3. The Morgan fingerprint density at radius 1 is 1.16 bits per heavy atom. The van der Waals surface area contributed by atoms with Crippen molar-refractivity contribution in [3.8, 4) is 0 Å². The van der Waals surface area contributed by atoms with Crippen LogP contribution in [-0.2, 0) is 4.79 Å². The number of likely N-dealkylation sites (tertiary alicyclic amines) is 1. The van der Waals surface area contributed by atoms with Gasteiger partial charge < -0.3 is 15.3 Å². The zero-order valence-corrected chi connectivity index (χ0v) is 11.9. The lowest BCUT2D eigenvalue weighted by Gasteiger charge is -2.27. The Labute approximate surface area is 116 Å². The molecular weight excluding hydrogens is 240 g/mol. The van der Waals surface area contributed by atoms with Crippen molar-refractivity contribution >= 4 is 5.91 Å². The number of rotatable bonds is 6. The molecule has 1 saturated heterocycles. The summed E-state index contributed by atoms with van der Waals surface area (Å²) in [5.41, 5.74) is 0. The van der Waals surface area contributed by atoms with Gasteiger partial charge in [0.2, 0.25) is 5.91 Å². The number of carbonyl (C=O) groups excluding carboxylic acids is 1. The Balaban J connectivity index is 1.55. The van der Waals surface area contributed by atoms with Gasteiger partial charge >= 0.3 is 0 Å². The van der Waals surface area contributed by atoms with Crippen LogP contribution in [0.2, 0.25) is 0 Å². The molecule has 0 aromatic rings. The fourth-order valence-electron chi connectivity index (χ4n) is 3.31. The standard InChI is InChI=1S/C15H28N2O2/c18-14(10-13-6-2-3-7-13)11-16-12-15(19)17-8-4-1-5-9-17/h13-14,16,18H,1-12H2. The molecule has 0 aromatic heterocycles. The van der Waals surface area contributed by atoms with Gasteiger partial charge in [-0.25, -0.2) is 0 Å². The number of amides is 1. The summed E-state index contributed by atoms with van der Waals surface area (Å²) in [6, 6.07) is 0. The van der Waals surface area contributed by atoms with E-state index < -0.39 is 0 Å². The van der Waals surface area contributed by atoms with Gasteiger partial charge in [0.05, 0.1) is 12.6 Å². The maximum Gasteiger partial charge on any atom is 0.236 e. The van der Waals surface area contributed by atoms with Gasteiger partial charge in [-0.15, -0.1) is 0 Å². The molecular formula is C15H28N2O2. The van der Waals surface area contributed by atoms with Crippen molar-refractivity contribution in [1.29, 1.82) is 0 Å². The number of aliphatic hydroxyl groups is 1. The molecule has 2 rings (SSSR count). The van der Waals surface area contributed by atoms with Gasteiger partial charge in [0.15, 0.2) is 0 Å². The van der Waals surface area contributed by atoms with E-state index in [0.717, 1.165) is 32.4 Å². The van der Waals surface area contributed by atoms with Crippen molar-refractivity contribution in [3.05, 3.63) is 0 Å². The van der Waals surface area contributed by atoms with Crippen LogP contribution in [0.3, 0.4) is 0 Å². The molecule has 1 unspecified atom stereocenters. The van der Waals surface area contributed by atoms with Gasteiger partial charge in [0.1, 0.15) is 0 Å². The average molecular weight is 268 g/mol. The quantitative estimate of drug-likeness (QED) is 0.768. The van der Waals surface area contributed by atoms with Crippen LogP contribution in [0.1, 0.15) is 51.4 Å². The van der Waals surface area contributed by atoms with E-state index in [1.165, 1.54) is 32.1 Å². The van der Waals surface area contributed by atoms with E-state index in [2.05, 4.69) is 5.32 Å². The third-order valence-electron chi connectivity index (χ3n) is 4.45. The van der Waals surface area contributed by atoms with E-state index in [1.54, 1.807) is 0 Å². The highest BCUT2D eigenvalue weighted by atomic mass is 16.3. The van der Waals surface area contributed by atoms with Crippen LogP contribution in [0, 0.1) is 5.92 Å². The normalized spacial score (nSPS) is 22.7. The molecule has 19 heavy (non-hydrogen) atoms. The average Bonchev–Trinajstić information content (AvgIpc) is 2.92. The van der Waals surface area contributed by atoms with Gasteiger partial charge in [-0.05, 0) is 31.6 Å². The summed E-state index contributed by atoms with van der Waals surface area (Å²) < 4.78 is 0. The molecule has 1 amide bonds. The first-order valence-electron chi connectivity index (χ1n) is 7.92. The summed E-state index contributed by atoms with van der Waals surface area (Å²) in [5.74, 6) is 0.891. The number of carbonyl (C=O) groups is 1. The minimum Gasteiger partial charge on any atom is -0.392 e. The van der Waals surface area contributed by atoms with E-state index in [4.69, 9.17) is 0 Å². The molecule has 1 saturated carbocycles. The maximum atomic E-state index is 11.9. The smallest absolute Gasteiger partial charge is 0.236 e. The molecule has 0 bridgehead atoms. The number of nitrogens with one attached hydrogen (secondary N) is 1. The highest BCUT2D eigenvalue weighted by Crippen LogP contribution is 2.28. The third kappa shape index (κ3) is 5.11. The van der Waals surface area contributed by atoms with Crippen LogP contribution >= 0.6 is 0 Å². The van der Waals surface area contributed by atoms with Crippen LogP contribution in [0.4, 0.5) is 0 Å². The largest absolute Gasteiger partial charge is 0.392 e. The van der Waals surface area contributed by atoms with Gasteiger partial charge in [0.25, 0.3) is 0 Å². The Morgan fingerprint density at radius 3 is 2.53 bits per heavy atom. The van der Waals surface area contributed by atoms with Gasteiger partial charge in [0, 0.05) is 19.6 Å². The highest BCUT2D eigenvalue weighted by Gasteiger charge is 2.19.